The van der Waals surface area contributed by atoms with E-state index in [0.29, 0.717) is 12.2 Å². The highest BCUT2D eigenvalue weighted by Crippen LogP contribution is 2.12. The first kappa shape index (κ1) is 6.10. The van der Waals surface area contributed by atoms with Crippen LogP contribution in [-0.2, 0) is 13.6 Å². The second-order valence-corrected chi connectivity index (χ2v) is 1.80. The summed E-state index contributed by atoms with van der Waals surface area (Å²) in [7, 11) is 1.74. The maximum absolute atomic E-state index is 8.97. The fourth-order valence-corrected chi connectivity index (χ4v) is 0.688. The highest BCUT2D eigenvalue weighted by molar-refractivity contribution is 5.22. The van der Waals surface area contributed by atoms with Crippen LogP contribution in [0.4, 0.5) is 0 Å². The third-order valence-corrected chi connectivity index (χ3v) is 1.23. The van der Waals surface area contributed by atoms with Crippen molar-refractivity contribution in [2.45, 2.75) is 6.54 Å². The summed E-state index contributed by atoms with van der Waals surface area (Å²) in [6.07, 6.45) is 1.38. The maximum atomic E-state index is 8.97. The molecule has 0 aromatic carbocycles. The number of hydrogen-bond donors (Lipinski definition) is 2. The molecule has 1 aromatic heterocycles. The summed E-state index contributed by atoms with van der Waals surface area (Å²) in [5, 5.41) is 12.7. The second-order valence-electron chi connectivity index (χ2n) is 1.80. The smallest absolute Gasteiger partial charge is 0.158 e. The molecule has 0 bridgehead atoms. The predicted molar refractivity (Wildman–Crippen MR) is 32.8 cm³/mol. The molecule has 0 atom stereocenters. The number of hydrogen-bond acceptors (Lipinski definition) is 3. The first-order valence-electron chi connectivity index (χ1n) is 2.65. The van der Waals surface area contributed by atoms with Gasteiger partial charge in [0.25, 0.3) is 0 Å². The monoisotopic (exact) mass is 127 g/mol. The molecule has 0 aliphatic rings. The van der Waals surface area contributed by atoms with Crippen molar-refractivity contribution < 1.29 is 5.11 Å². The lowest BCUT2D eigenvalue weighted by Gasteiger charge is -1.95. The Hall–Kier alpha value is -1.03. The van der Waals surface area contributed by atoms with Gasteiger partial charge in [-0.05, 0) is 0 Å². The molecule has 0 aliphatic carbocycles. The molecule has 0 unspecified atom stereocenters. The SMILES string of the molecule is Cn1ncc(O)c1CN. The average molecular weight is 127 g/mol. The Morgan fingerprint density at radius 3 is 2.78 bits per heavy atom. The Kier molecular flexibility index (Phi) is 1.40. The predicted octanol–water partition coefficient (Wildman–Crippen LogP) is -0.416. The van der Waals surface area contributed by atoms with E-state index in [2.05, 4.69) is 5.10 Å². The Balaban J connectivity index is 3.07. The first-order chi connectivity index (χ1) is 4.25. The summed E-state index contributed by atoms with van der Waals surface area (Å²) in [5.41, 5.74) is 5.94. The van der Waals surface area contributed by atoms with Crippen LogP contribution in [0.15, 0.2) is 6.20 Å². The van der Waals surface area contributed by atoms with Crippen molar-refractivity contribution in [1.29, 1.82) is 0 Å². The van der Waals surface area contributed by atoms with E-state index in [1.807, 2.05) is 0 Å². The van der Waals surface area contributed by atoms with Gasteiger partial charge in [0, 0.05) is 13.6 Å². The van der Waals surface area contributed by atoms with E-state index in [0.717, 1.165) is 0 Å². The number of aromatic hydroxyl groups is 1. The molecule has 4 heteroatoms. The van der Waals surface area contributed by atoms with Crippen LogP contribution in [0.1, 0.15) is 5.69 Å². The van der Waals surface area contributed by atoms with E-state index < -0.39 is 0 Å². The largest absolute Gasteiger partial charge is 0.504 e. The first-order valence-corrected chi connectivity index (χ1v) is 2.65. The van der Waals surface area contributed by atoms with E-state index in [9.17, 15) is 0 Å². The lowest BCUT2D eigenvalue weighted by molar-refractivity contribution is 0.466. The molecule has 0 spiro atoms. The van der Waals surface area contributed by atoms with E-state index in [-0.39, 0.29) is 5.75 Å². The minimum absolute atomic E-state index is 0.167. The summed E-state index contributed by atoms with van der Waals surface area (Å²) < 4.78 is 1.55. The quantitative estimate of drug-likeness (QED) is 0.538. The van der Waals surface area contributed by atoms with Crippen molar-refractivity contribution in [3.8, 4) is 5.75 Å². The molecule has 4 nitrogen and oxygen atoms in total. The minimum atomic E-state index is 0.167. The summed E-state index contributed by atoms with van der Waals surface area (Å²) >= 11 is 0. The second kappa shape index (κ2) is 2.06. The average Bonchev–Trinajstić information content (AvgIpc) is 2.12. The molecule has 1 rings (SSSR count). The molecule has 3 N–H and O–H groups in total. The van der Waals surface area contributed by atoms with Crippen LogP contribution in [0.3, 0.4) is 0 Å². The Morgan fingerprint density at radius 2 is 2.56 bits per heavy atom. The summed E-state index contributed by atoms with van der Waals surface area (Å²) in [6.45, 7) is 0.322. The van der Waals surface area contributed by atoms with Crippen molar-refractivity contribution in [1.82, 2.24) is 9.78 Å². The van der Waals surface area contributed by atoms with Gasteiger partial charge in [0.15, 0.2) is 5.75 Å². The zero-order valence-electron chi connectivity index (χ0n) is 5.20. The Bertz CT molecular complexity index is 186. The lowest BCUT2D eigenvalue weighted by atomic mass is 10.4. The van der Waals surface area contributed by atoms with Crippen LogP contribution >= 0.6 is 0 Å². The Labute approximate surface area is 52.9 Å². The standard InChI is InChI=1S/C5H9N3O/c1-8-4(2-6)5(9)3-7-8/h3,9H,2,6H2,1H3. The van der Waals surface area contributed by atoms with Gasteiger partial charge in [-0.3, -0.25) is 4.68 Å². The third-order valence-electron chi connectivity index (χ3n) is 1.23. The highest BCUT2D eigenvalue weighted by Gasteiger charge is 2.02. The minimum Gasteiger partial charge on any atom is -0.504 e. The van der Waals surface area contributed by atoms with E-state index in [1.54, 1.807) is 11.7 Å². The highest BCUT2D eigenvalue weighted by atomic mass is 16.3. The third kappa shape index (κ3) is 0.882. The van der Waals surface area contributed by atoms with Crippen molar-refractivity contribution in [3.63, 3.8) is 0 Å². The number of rotatable bonds is 1. The van der Waals surface area contributed by atoms with Crippen LogP contribution < -0.4 is 5.73 Å². The van der Waals surface area contributed by atoms with Crippen LogP contribution in [0.25, 0.3) is 0 Å². The molecule has 0 saturated heterocycles. The summed E-state index contributed by atoms with van der Waals surface area (Å²) in [5.74, 6) is 0.167. The van der Waals surface area contributed by atoms with Crippen LogP contribution in [-0.4, -0.2) is 14.9 Å². The Morgan fingerprint density at radius 1 is 1.89 bits per heavy atom. The van der Waals surface area contributed by atoms with Gasteiger partial charge < -0.3 is 10.8 Å². The molecule has 0 radical (unpaired) electrons. The van der Waals surface area contributed by atoms with Gasteiger partial charge >= 0.3 is 0 Å². The molecule has 1 heterocycles. The fourth-order valence-electron chi connectivity index (χ4n) is 0.688. The van der Waals surface area contributed by atoms with Crippen molar-refractivity contribution in [2.24, 2.45) is 12.8 Å². The molecular formula is C5H9N3O. The lowest BCUT2D eigenvalue weighted by Crippen LogP contribution is -2.04. The van der Waals surface area contributed by atoms with Crippen LogP contribution in [0.2, 0.25) is 0 Å². The van der Waals surface area contributed by atoms with E-state index in [1.165, 1.54) is 6.20 Å². The van der Waals surface area contributed by atoms with Gasteiger partial charge in [-0.1, -0.05) is 0 Å². The van der Waals surface area contributed by atoms with E-state index >= 15 is 0 Å². The zero-order chi connectivity index (χ0) is 6.85. The molecular weight excluding hydrogens is 118 g/mol. The van der Waals surface area contributed by atoms with E-state index in [4.69, 9.17) is 10.8 Å². The van der Waals surface area contributed by atoms with Gasteiger partial charge in [-0.2, -0.15) is 5.10 Å². The van der Waals surface area contributed by atoms with Crippen molar-refractivity contribution in [3.05, 3.63) is 11.9 Å². The topological polar surface area (TPSA) is 64.1 Å². The summed E-state index contributed by atoms with van der Waals surface area (Å²) in [4.78, 5) is 0. The van der Waals surface area contributed by atoms with Gasteiger partial charge in [0.1, 0.15) is 0 Å². The number of nitrogens with two attached hydrogens (primary N) is 1. The van der Waals surface area contributed by atoms with Crippen molar-refractivity contribution >= 4 is 0 Å². The molecule has 50 valence electrons. The molecule has 0 aliphatic heterocycles. The van der Waals surface area contributed by atoms with Gasteiger partial charge in [-0.15, -0.1) is 0 Å². The van der Waals surface area contributed by atoms with Gasteiger partial charge in [-0.25, -0.2) is 0 Å². The fraction of sp³-hybridized carbons (Fsp3) is 0.400. The normalized spacial score (nSPS) is 10.0. The van der Waals surface area contributed by atoms with Crippen LogP contribution in [0.5, 0.6) is 5.75 Å². The number of aromatic nitrogens is 2. The van der Waals surface area contributed by atoms with Crippen molar-refractivity contribution in [2.75, 3.05) is 0 Å². The van der Waals surface area contributed by atoms with Gasteiger partial charge in [0.05, 0.1) is 11.9 Å². The zero-order valence-corrected chi connectivity index (χ0v) is 5.20. The van der Waals surface area contributed by atoms with Gasteiger partial charge in [0.2, 0.25) is 0 Å². The number of aryl methyl sites for hydroxylation is 1. The molecule has 0 saturated carbocycles. The number of nitrogens with zero attached hydrogens (tertiary/aromatic N) is 2. The molecule has 0 fully saturated rings. The molecule has 1 aromatic rings. The summed E-state index contributed by atoms with van der Waals surface area (Å²) in [6, 6.07) is 0. The molecule has 9 heavy (non-hydrogen) atoms. The molecule has 0 amide bonds. The van der Waals surface area contributed by atoms with Crippen LogP contribution in [0, 0.1) is 0 Å². The maximum Gasteiger partial charge on any atom is 0.158 e.